The molecule has 16 heavy (non-hydrogen) atoms. The highest BCUT2D eigenvalue weighted by molar-refractivity contribution is 9.10. The summed E-state index contributed by atoms with van der Waals surface area (Å²) in [5.74, 6) is 0.285. The third-order valence-electron chi connectivity index (χ3n) is 2.92. The Balaban J connectivity index is 2.03. The first kappa shape index (κ1) is 11.5. The molecule has 0 saturated carbocycles. The van der Waals surface area contributed by atoms with Gasteiger partial charge >= 0.3 is 5.97 Å². The molecule has 0 saturated heterocycles. The number of nitrogens with one attached hydrogen (secondary N) is 1. The van der Waals surface area contributed by atoms with Crippen LogP contribution in [0.25, 0.3) is 0 Å². The fourth-order valence-corrected chi connectivity index (χ4v) is 2.39. The molecule has 1 unspecified atom stereocenters. The third kappa shape index (κ3) is 2.38. The zero-order valence-corrected chi connectivity index (χ0v) is 10.7. The van der Waals surface area contributed by atoms with E-state index < -0.39 is 0 Å². The summed E-state index contributed by atoms with van der Waals surface area (Å²) in [5.41, 5.74) is 2.47. The number of carbonyl (C=O) groups excluding carboxylic acids is 1. The van der Waals surface area contributed by atoms with E-state index in [1.54, 1.807) is 0 Å². The Morgan fingerprint density at radius 3 is 3.19 bits per heavy atom. The largest absolute Gasteiger partial charge is 0.469 e. The molecule has 2 rings (SSSR count). The number of fused-ring (bicyclic) bond motifs is 1. The second kappa shape index (κ2) is 4.87. The van der Waals surface area contributed by atoms with Gasteiger partial charge in [-0.05, 0) is 24.1 Å². The van der Waals surface area contributed by atoms with Crippen molar-refractivity contribution in [3.63, 3.8) is 0 Å². The molecule has 0 radical (unpaired) electrons. The van der Waals surface area contributed by atoms with Crippen LogP contribution in [0.1, 0.15) is 24.3 Å². The van der Waals surface area contributed by atoms with Gasteiger partial charge in [0.25, 0.3) is 0 Å². The minimum Gasteiger partial charge on any atom is -0.469 e. The highest BCUT2D eigenvalue weighted by Crippen LogP contribution is 2.35. The van der Waals surface area contributed by atoms with Gasteiger partial charge in [0, 0.05) is 29.0 Å². The molecule has 1 aromatic carbocycles. The van der Waals surface area contributed by atoms with Gasteiger partial charge in [0.15, 0.2) is 0 Å². The number of halogens is 1. The number of methoxy groups -OCH3 is 1. The maximum atomic E-state index is 11.1. The average molecular weight is 284 g/mol. The van der Waals surface area contributed by atoms with Crippen LogP contribution in [-0.2, 0) is 9.53 Å². The van der Waals surface area contributed by atoms with E-state index in [0.717, 1.165) is 17.4 Å². The van der Waals surface area contributed by atoms with Crippen LogP contribution in [0.4, 0.5) is 5.69 Å². The molecule has 1 heterocycles. The summed E-state index contributed by atoms with van der Waals surface area (Å²) in [6, 6.07) is 6.23. The first-order valence-corrected chi connectivity index (χ1v) is 6.10. The van der Waals surface area contributed by atoms with Crippen LogP contribution in [0.3, 0.4) is 0 Å². The number of esters is 1. The lowest BCUT2D eigenvalue weighted by atomic mass is 9.96. The number of carbonyl (C=O) groups is 1. The quantitative estimate of drug-likeness (QED) is 0.867. The number of hydrogen-bond donors (Lipinski definition) is 1. The van der Waals surface area contributed by atoms with E-state index in [4.69, 9.17) is 0 Å². The Morgan fingerprint density at radius 1 is 1.62 bits per heavy atom. The van der Waals surface area contributed by atoms with Gasteiger partial charge in [-0.25, -0.2) is 0 Å². The fourth-order valence-electron chi connectivity index (χ4n) is 2.03. The van der Waals surface area contributed by atoms with Crippen molar-refractivity contribution in [1.29, 1.82) is 0 Å². The lowest BCUT2D eigenvalue weighted by Crippen LogP contribution is -2.06. The molecular weight excluding hydrogens is 270 g/mol. The van der Waals surface area contributed by atoms with Gasteiger partial charge in [0.1, 0.15) is 0 Å². The summed E-state index contributed by atoms with van der Waals surface area (Å²) in [7, 11) is 1.43. The molecule has 0 aliphatic carbocycles. The molecule has 0 fully saturated rings. The zero-order chi connectivity index (χ0) is 11.5. The second-order valence-corrected chi connectivity index (χ2v) is 4.84. The maximum absolute atomic E-state index is 11.1. The van der Waals surface area contributed by atoms with Gasteiger partial charge in [-0.2, -0.15) is 0 Å². The number of anilines is 1. The summed E-state index contributed by atoms with van der Waals surface area (Å²) in [4.78, 5) is 11.1. The normalized spacial score (nSPS) is 17.8. The number of hydrogen-bond acceptors (Lipinski definition) is 3. The minimum absolute atomic E-state index is 0.134. The molecule has 1 aliphatic heterocycles. The van der Waals surface area contributed by atoms with Gasteiger partial charge in [0.2, 0.25) is 0 Å². The van der Waals surface area contributed by atoms with Gasteiger partial charge < -0.3 is 10.1 Å². The van der Waals surface area contributed by atoms with Crippen molar-refractivity contribution in [2.24, 2.45) is 0 Å². The Labute approximate surface area is 103 Å². The topological polar surface area (TPSA) is 38.3 Å². The predicted molar refractivity (Wildman–Crippen MR) is 66.6 cm³/mol. The fraction of sp³-hybridized carbons (Fsp3) is 0.417. The molecule has 1 N–H and O–H groups in total. The Hall–Kier alpha value is -1.03. The Bertz CT molecular complexity index is 406. The van der Waals surface area contributed by atoms with E-state index in [0.29, 0.717) is 12.3 Å². The van der Waals surface area contributed by atoms with Crippen molar-refractivity contribution in [1.82, 2.24) is 0 Å². The van der Waals surface area contributed by atoms with Gasteiger partial charge in [-0.15, -0.1) is 0 Å². The molecule has 1 aliphatic rings. The van der Waals surface area contributed by atoms with Crippen LogP contribution in [0.5, 0.6) is 0 Å². The highest BCUT2D eigenvalue weighted by atomic mass is 79.9. The van der Waals surface area contributed by atoms with Crippen molar-refractivity contribution in [3.8, 4) is 0 Å². The zero-order valence-electron chi connectivity index (χ0n) is 9.13. The smallest absolute Gasteiger partial charge is 0.305 e. The number of benzene rings is 1. The Kier molecular flexibility index (Phi) is 3.49. The van der Waals surface area contributed by atoms with E-state index in [9.17, 15) is 4.79 Å². The standard InChI is InChI=1S/C12H14BrNO2/c1-16-12(15)5-2-8-7-14-11-6-9(13)3-4-10(8)11/h3-4,6,8,14H,2,5,7H2,1H3. The van der Waals surface area contributed by atoms with Gasteiger partial charge in [-0.3, -0.25) is 4.79 Å². The lowest BCUT2D eigenvalue weighted by molar-refractivity contribution is -0.140. The van der Waals surface area contributed by atoms with E-state index in [1.165, 1.54) is 18.4 Å². The van der Waals surface area contributed by atoms with Crippen LogP contribution < -0.4 is 5.32 Å². The molecule has 1 aromatic rings. The molecule has 0 amide bonds. The first-order chi connectivity index (χ1) is 7.70. The summed E-state index contributed by atoms with van der Waals surface area (Å²) in [6.07, 6.45) is 1.33. The monoisotopic (exact) mass is 283 g/mol. The van der Waals surface area contributed by atoms with Crippen LogP contribution >= 0.6 is 15.9 Å². The predicted octanol–water partition coefficient (Wildman–Crippen LogP) is 2.91. The van der Waals surface area contributed by atoms with Crippen molar-refractivity contribution in [2.45, 2.75) is 18.8 Å². The number of rotatable bonds is 3. The van der Waals surface area contributed by atoms with Crippen molar-refractivity contribution in [3.05, 3.63) is 28.2 Å². The van der Waals surface area contributed by atoms with Crippen LogP contribution in [0.2, 0.25) is 0 Å². The lowest BCUT2D eigenvalue weighted by Gasteiger charge is -2.08. The van der Waals surface area contributed by atoms with E-state index >= 15 is 0 Å². The molecule has 86 valence electrons. The first-order valence-electron chi connectivity index (χ1n) is 5.31. The second-order valence-electron chi connectivity index (χ2n) is 3.92. The van der Waals surface area contributed by atoms with Gasteiger partial charge in [0.05, 0.1) is 7.11 Å². The third-order valence-corrected chi connectivity index (χ3v) is 3.41. The molecule has 4 heteroatoms. The number of ether oxygens (including phenoxy) is 1. The molecule has 0 bridgehead atoms. The van der Waals surface area contributed by atoms with E-state index in [2.05, 4.69) is 38.1 Å². The average Bonchev–Trinajstić information content (AvgIpc) is 2.68. The minimum atomic E-state index is -0.134. The maximum Gasteiger partial charge on any atom is 0.305 e. The van der Waals surface area contributed by atoms with Crippen molar-refractivity contribution < 1.29 is 9.53 Å². The van der Waals surface area contributed by atoms with Crippen LogP contribution in [-0.4, -0.2) is 19.6 Å². The van der Waals surface area contributed by atoms with Crippen molar-refractivity contribution >= 4 is 27.6 Å². The SMILES string of the molecule is COC(=O)CCC1CNc2cc(Br)ccc21. The molecule has 3 nitrogen and oxygen atoms in total. The molecular formula is C12H14BrNO2. The van der Waals surface area contributed by atoms with Crippen LogP contribution in [0.15, 0.2) is 22.7 Å². The summed E-state index contributed by atoms with van der Waals surface area (Å²) in [5, 5.41) is 3.35. The summed E-state index contributed by atoms with van der Waals surface area (Å²) in [6.45, 7) is 0.906. The molecule has 0 spiro atoms. The van der Waals surface area contributed by atoms with Crippen molar-refractivity contribution in [2.75, 3.05) is 19.0 Å². The van der Waals surface area contributed by atoms with E-state index in [-0.39, 0.29) is 5.97 Å². The summed E-state index contributed by atoms with van der Waals surface area (Å²) >= 11 is 3.44. The highest BCUT2D eigenvalue weighted by Gasteiger charge is 2.22. The van der Waals surface area contributed by atoms with Gasteiger partial charge in [-0.1, -0.05) is 22.0 Å². The van der Waals surface area contributed by atoms with Crippen LogP contribution in [0, 0.1) is 0 Å². The molecule has 1 atom stereocenters. The Morgan fingerprint density at radius 2 is 2.44 bits per heavy atom. The summed E-state index contributed by atoms with van der Waals surface area (Å²) < 4.78 is 5.73. The van der Waals surface area contributed by atoms with E-state index in [1.807, 2.05) is 6.07 Å². The molecule has 0 aromatic heterocycles.